The van der Waals surface area contributed by atoms with Crippen LogP contribution < -0.4 is 5.73 Å². The van der Waals surface area contributed by atoms with Crippen LogP contribution in [0.3, 0.4) is 0 Å². The lowest BCUT2D eigenvalue weighted by molar-refractivity contribution is 0.794. The van der Waals surface area contributed by atoms with Gasteiger partial charge < -0.3 is 5.73 Å². The van der Waals surface area contributed by atoms with E-state index in [1.807, 2.05) is 24.3 Å². The molecule has 1 heterocycles. The fourth-order valence-electron chi connectivity index (χ4n) is 1.68. The number of thioether (sulfide) groups is 1. The minimum absolute atomic E-state index is 0.296. The minimum Gasteiger partial charge on any atom is -0.383 e. The fraction of sp³-hybridized carbons (Fsp3) is 0.286. The van der Waals surface area contributed by atoms with Crippen molar-refractivity contribution in [1.82, 2.24) is 9.97 Å². The lowest BCUT2D eigenvalue weighted by atomic mass is 10.1. The van der Waals surface area contributed by atoms with Gasteiger partial charge in [-0.25, -0.2) is 9.97 Å². The van der Waals surface area contributed by atoms with Crippen molar-refractivity contribution in [3.8, 4) is 0 Å². The van der Waals surface area contributed by atoms with Crippen LogP contribution in [-0.4, -0.2) is 9.97 Å². The maximum Gasteiger partial charge on any atom is 0.141 e. The van der Waals surface area contributed by atoms with E-state index in [9.17, 15) is 0 Å². The molecular formula is C14H15BrClN3S. The van der Waals surface area contributed by atoms with Crippen LogP contribution in [0.25, 0.3) is 0 Å². The van der Waals surface area contributed by atoms with E-state index in [0.717, 1.165) is 25.9 Å². The summed E-state index contributed by atoms with van der Waals surface area (Å²) in [7, 11) is 0. The highest BCUT2D eigenvalue weighted by Gasteiger charge is 2.13. The van der Waals surface area contributed by atoms with Gasteiger partial charge in [-0.2, -0.15) is 0 Å². The molecule has 0 aliphatic carbocycles. The number of hydrogen-bond donors (Lipinski definition) is 1. The summed E-state index contributed by atoms with van der Waals surface area (Å²) in [6.45, 7) is 4.17. The highest BCUT2D eigenvalue weighted by atomic mass is 79.9. The van der Waals surface area contributed by atoms with Crippen molar-refractivity contribution >= 4 is 45.1 Å². The number of aromatic nitrogens is 2. The van der Waals surface area contributed by atoms with E-state index in [4.69, 9.17) is 17.3 Å². The Hall–Kier alpha value is -0.780. The van der Waals surface area contributed by atoms with Crippen molar-refractivity contribution in [2.75, 3.05) is 5.73 Å². The van der Waals surface area contributed by atoms with Crippen LogP contribution >= 0.6 is 39.3 Å². The molecule has 2 rings (SSSR count). The quantitative estimate of drug-likeness (QED) is 0.776. The van der Waals surface area contributed by atoms with Crippen LogP contribution in [0.1, 0.15) is 31.3 Å². The smallest absolute Gasteiger partial charge is 0.141 e. The van der Waals surface area contributed by atoms with Gasteiger partial charge in [-0.1, -0.05) is 31.5 Å². The predicted octanol–water partition coefficient (Wildman–Crippen LogP) is 4.89. The number of halogens is 2. The second-order valence-corrected chi connectivity index (χ2v) is 6.90. The van der Waals surface area contributed by atoms with Gasteiger partial charge in [0, 0.05) is 9.92 Å². The number of nitrogens with zero attached hydrogens (tertiary/aromatic N) is 2. The number of rotatable bonds is 4. The monoisotopic (exact) mass is 371 g/mol. The van der Waals surface area contributed by atoms with E-state index in [-0.39, 0.29) is 0 Å². The second kappa shape index (κ2) is 6.78. The van der Waals surface area contributed by atoms with Crippen LogP contribution in [0.2, 0.25) is 5.02 Å². The van der Waals surface area contributed by atoms with Crippen molar-refractivity contribution in [3.05, 3.63) is 45.3 Å². The third kappa shape index (κ3) is 3.87. The molecule has 0 spiro atoms. The summed E-state index contributed by atoms with van der Waals surface area (Å²) in [6.07, 6.45) is 0. The zero-order valence-electron chi connectivity index (χ0n) is 11.2. The average molecular weight is 373 g/mol. The molecule has 1 aromatic heterocycles. The van der Waals surface area contributed by atoms with E-state index >= 15 is 0 Å². The van der Waals surface area contributed by atoms with Gasteiger partial charge in [0.15, 0.2) is 0 Å². The Bertz CT molecular complexity index is 619. The molecule has 0 radical (unpaired) electrons. The second-order valence-electron chi connectivity index (χ2n) is 4.63. The molecule has 2 aromatic rings. The van der Waals surface area contributed by atoms with E-state index in [1.54, 1.807) is 11.8 Å². The van der Waals surface area contributed by atoms with Crippen molar-refractivity contribution in [2.24, 2.45) is 0 Å². The van der Waals surface area contributed by atoms with Gasteiger partial charge in [0.2, 0.25) is 0 Å². The Labute approximate surface area is 136 Å². The van der Waals surface area contributed by atoms with Gasteiger partial charge in [0.05, 0.1) is 15.9 Å². The Morgan fingerprint density at radius 2 is 2.10 bits per heavy atom. The maximum absolute atomic E-state index is 5.97. The summed E-state index contributed by atoms with van der Waals surface area (Å²) < 4.78 is 0.795. The average Bonchev–Trinajstić information content (AvgIpc) is 2.39. The highest BCUT2D eigenvalue weighted by molar-refractivity contribution is 9.10. The first-order chi connectivity index (χ1) is 9.47. The number of hydrogen-bond acceptors (Lipinski definition) is 4. The van der Waals surface area contributed by atoms with E-state index < -0.39 is 0 Å². The zero-order chi connectivity index (χ0) is 14.7. The number of anilines is 1. The van der Waals surface area contributed by atoms with Crippen LogP contribution in [-0.2, 0) is 5.75 Å². The molecule has 3 nitrogen and oxygen atoms in total. The summed E-state index contributed by atoms with van der Waals surface area (Å²) in [6, 6.07) is 7.73. The Kier molecular flexibility index (Phi) is 5.29. The molecule has 0 amide bonds. The Balaban J connectivity index is 2.18. The topological polar surface area (TPSA) is 51.8 Å². The first kappa shape index (κ1) is 15.6. The molecule has 2 N–H and O–H groups in total. The van der Waals surface area contributed by atoms with Gasteiger partial charge >= 0.3 is 0 Å². The van der Waals surface area contributed by atoms with E-state index in [1.165, 1.54) is 0 Å². The molecule has 0 atom stereocenters. The minimum atomic E-state index is 0.296. The molecule has 1 aromatic carbocycles. The first-order valence-corrected chi connectivity index (χ1v) is 8.33. The number of benzene rings is 1. The number of nitrogen functional groups attached to an aromatic ring is 1. The summed E-state index contributed by atoms with van der Waals surface area (Å²) in [5, 5.41) is 0.731. The normalized spacial score (nSPS) is 11.1. The summed E-state index contributed by atoms with van der Waals surface area (Å²) in [4.78, 5) is 9.99. The van der Waals surface area contributed by atoms with Gasteiger partial charge in [-0.05, 0) is 40.0 Å². The first-order valence-electron chi connectivity index (χ1n) is 6.17. The lowest BCUT2D eigenvalue weighted by Crippen LogP contribution is -2.06. The third-order valence-corrected chi connectivity index (χ3v) is 4.70. The molecule has 0 aliphatic rings. The van der Waals surface area contributed by atoms with Crippen molar-refractivity contribution < 1.29 is 0 Å². The largest absolute Gasteiger partial charge is 0.383 e. The highest BCUT2D eigenvalue weighted by Crippen LogP contribution is 2.29. The fourth-order valence-corrected chi connectivity index (χ4v) is 3.38. The zero-order valence-corrected chi connectivity index (χ0v) is 14.4. The van der Waals surface area contributed by atoms with E-state index in [0.29, 0.717) is 17.5 Å². The molecule has 0 saturated carbocycles. The van der Waals surface area contributed by atoms with Gasteiger partial charge in [-0.15, -0.1) is 11.8 Å². The van der Waals surface area contributed by atoms with Crippen molar-refractivity contribution in [3.63, 3.8) is 0 Å². The summed E-state index contributed by atoms with van der Waals surface area (Å²) in [5.41, 5.74) is 6.87. The lowest BCUT2D eigenvalue weighted by Gasteiger charge is -2.11. The molecule has 0 fully saturated rings. The van der Waals surface area contributed by atoms with Gasteiger partial charge in [0.25, 0.3) is 0 Å². The Morgan fingerprint density at radius 1 is 1.35 bits per heavy atom. The molecule has 6 heteroatoms. The standard InChI is InChI=1S/C14H15BrClN3S/c1-8(2)13-12(15)14(17)19-11(18-13)7-20-10-5-3-4-9(16)6-10/h3-6,8H,7H2,1-2H3,(H2,17,18,19). The molecule has 0 aliphatic heterocycles. The Morgan fingerprint density at radius 3 is 2.75 bits per heavy atom. The van der Waals surface area contributed by atoms with Crippen LogP contribution in [0.4, 0.5) is 5.82 Å². The molecular weight excluding hydrogens is 358 g/mol. The molecule has 0 unspecified atom stereocenters. The summed E-state index contributed by atoms with van der Waals surface area (Å²) in [5.74, 6) is 2.19. The van der Waals surface area contributed by atoms with Gasteiger partial charge in [-0.3, -0.25) is 0 Å². The van der Waals surface area contributed by atoms with Crippen molar-refractivity contribution in [2.45, 2.75) is 30.4 Å². The number of nitrogens with two attached hydrogens (primary N) is 1. The SMILES string of the molecule is CC(C)c1nc(CSc2cccc(Cl)c2)nc(N)c1Br. The van der Waals surface area contributed by atoms with Crippen LogP contribution in [0.15, 0.2) is 33.6 Å². The predicted molar refractivity (Wildman–Crippen MR) is 89.2 cm³/mol. The molecule has 0 saturated heterocycles. The molecule has 106 valence electrons. The maximum atomic E-state index is 5.97. The van der Waals surface area contributed by atoms with Crippen LogP contribution in [0, 0.1) is 0 Å². The van der Waals surface area contributed by atoms with Gasteiger partial charge in [0.1, 0.15) is 11.6 Å². The van der Waals surface area contributed by atoms with E-state index in [2.05, 4.69) is 39.7 Å². The van der Waals surface area contributed by atoms with Crippen molar-refractivity contribution in [1.29, 1.82) is 0 Å². The summed E-state index contributed by atoms with van der Waals surface area (Å²) >= 11 is 11.1. The van der Waals surface area contributed by atoms with Crippen LogP contribution in [0.5, 0.6) is 0 Å². The third-order valence-electron chi connectivity index (χ3n) is 2.66. The molecule has 20 heavy (non-hydrogen) atoms. The molecule has 0 bridgehead atoms.